The molecule has 0 saturated carbocycles. The van der Waals surface area contributed by atoms with Gasteiger partial charge in [0.2, 0.25) is 0 Å². The van der Waals surface area contributed by atoms with Gasteiger partial charge in [-0.05, 0) is 12.1 Å². The molecule has 0 aliphatic rings. The minimum atomic E-state index is -4.40. The molecule has 0 unspecified atom stereocenters. The van der Waals surface area contributed by atoms with Gasteiger partial charge < -0.3 is 11.5 Å². The van der Waals surface area contributed by atoms with Crippen LogP contribution >= 0.6 is 0 Å². The molecule has 4 N–H and O–H groups in total. The summed E-state index contributed by atoms with van der Waals surface area (Å²) in [7, 11) is 0. The van der Waals surface area contributed by atoms with Gasteiger partial charge in [0.15, 0.2) is 0 Å². The van der Waals surface area contributed by atoms with E-state index in [1.54, 1.807) is 0 Å². The molecular weight excluding hydrogens is 183 g/mol. The van der Waals surface area contributed by atoms with Crippen molar-refractivity contribution in [1.82, 2.24) is 4.98 Å². The summed E-state index contributed by atoms with van der Waals surface area (Å²) >= 11 is 0. The monoisotopic (exact) mass is 191 g/mol. The number of halogens is 3. The summed E-state index contributed by atoms with van der Waals surface area (Å²) in [4.78, 5) is 3.62. The molecule has 0 aliphatic heterocycles. The first kappa shape index (κ1) is 9.79. The average Bonchev–Trinajstić information content (AvgIpc) is 2.01. The van der Waals surface area contributed by atoms with E-state index < -0.39 is 11.7 Å². The highest BCUT2D eigenvalue weighted by Crippen LogP contribution is 2.30. The number of nitrogens with two attached hydrogens (primary N) is 2. The molecule has 1 heterocycles. The van der Waals surface area contributed by atoms with Gasteiger partial charge in [-0.1, -0.05) is 0 Å². The maximum absolute atomic E-state index is 12.2. The normalized spacial score (nSPS) is 11.7. The Balaban J connectivity index is 3.16. The zero-order chi connectivity index (χ0) is 10.1. The van der Waals surface area contributed by atoms with Gasteiger partial charge in [0, 0.05) is 6.54 Å². The highest BCUT2D eigenvalue weighted by Gasteiger charge is 2.31. The molecule has 0 aromatic carbocycles. The van der Waals surface area contributed by atoms with Crippen molar-refractivity contribution in [1.29, 1.82) is 0 Å². The summed E-state index contributed by atoms with van der Waals surface area (Å²) in [5.74, 6) is -0.171. The maximum atomic E-state index is 12.2. The van der Waals surface area contributed by atoms with Crippen LogP contribution in [0.2, 0.25) is 0 Å². The minimum Gasteiger partial charge on any atom is -0.384 e. The van der Waals surface area contributed by atoms with Crippen molar-refractivity contribution in [2.24, 2.45) is 5.73 Å². The molecule has 0 bridgehead atoms. The van der Waals surface area contributed by atoms with Gasteiger partial charge in [0.1, 0.15) is 5.82 Å². The SMILES string of the molecule is NCc1cc(C(F)(F)F)cc(N)n1. The van der Waals surface area contributed by atoms with Gasteiger partial charge in [-0.25, -0.2) is 4.98 Å². The fourth-order valence-electron chi connectivity index (χ4n) is 0.879. The number of aromatic nitrogens is 1. The Kier molecular flexibility index (Phi) is 2.42. The summed E-state index contributed by atoms with van der Waals surface area (Å²) in [5.41, 5.74) is 9.62. The predicted octanol–water partition coefficient (Wildman–Crippen LogP) is 1.14. The maximum Gasteiger partial charge on any atom is 0.416 e. The van der Waals surface area contributed by atoms with E-state index in [4.69, 9.17) is 11.5 Å². The van der Waals surface area contributed by atoms with Gasteiger partial charge >= 0.3 is 6.18 Å². The zero-order valence-corrected chi connectivity index (χ0v) is 6.60. The van der Waals surface area contributed by atoms with Gasteiger partial charge in [-0.15, -0.1) is 0 Å². The quantitative estimate of drug-likeness (QED) is 0.699. The van der Waals surface area contributed by atoms with Gasteiger partial charge in [-0.2, -0.15) is 13.2 Å². The van der Waals surface area contributed by atoms with Crippen molar-refractivity contribution in [3.8, 4) is 0 Å². The third kappa shape index (κ3) is 2.32. The smallest absolute Gasteiger partial charge is 0.384 e. The van der Waals surface area contributed by atoms with Crippen LogP contribution in [-0.2, 0) is 12.7 Å². The van der Waals surface area contributed by atoms with Crippen LogP contribution in [0.15, 0.2) is 12.1 Å². The first-order chi connectivity index (χ1) is 5.93. The number of rotatable bonds is 1. The second kappa shape index (κ2) is 3.21. The Hall–Kier alpha value is -1.30. The zero-order valence-electron chi connectivity index (χ0n) is 6.60. The van der Waals surface area contributed by atoms with E-state index in [-0.39, 0.29) is 18.1 Å². The van der Waals surface area contributed by atoms with Crippen molar-refractivity contribution >= 4 is 5.82 Å². The minimum absolute atomic E-state index is 0.0614. The average molecular weight is 191 g/mol. The summed E-state index contributed by atoms with van der Waals surface area (Å²) in [6.45, 7) is -0.0614. The Morgan fingerprint density at radius 1 is 1.31 bits per heavy atom. The summed E-state index contributed by atoms with van der Waals surface area (Å²) in [5, 5.41) is 0. The Morgan fingerprint density at radius 3 is 2.38 bits per heavy atom. The van der Waals surface area contributed by atoms with Crippen molar-refractivity contribution in [2.75, 3.05) is 5.73 Å². The van der Waals surface area contributed by atoms with Crippen LogP contribution in [-0.4, -0.2) is 4.98 Å². The van der Waals surface area contributed by atoms with E-state index in [1.807, 2.05) is 0 Å². The molecule has 13 heavy (non-hydrogen) atoms. The van der Waals surface area contributed by atoms with Crippen LogP contribution in [0.4, 0.5) is 19.0 Å². The summed E-state index contributed by atoms with van der Waals surface area (Å²) in [6, 6.07) is 1.66. The third-order valence-electron chi connectivity index (χ3n) is 1.43. The number of nitrogens with zero attached hydrogens (tertiary/aromatic N) is 1. The fourth-order valence-corrected chi connectivity index (χ4v) is 0.879. The van der Waals surface area contributed by atoms with Crippen LogP contribution in [0.25, 0.3) is 0 Å². The lowest BCUT2D eigenvalue weighted by Gasteiger charge is -2.08. The molecule has 0 spiro atoms. The van der Waals surface area contributed by atoms with Gasteiger partial charge in [0.05, 0.1) is 11.3 Å². The Labute approximate surface area is 72.6 Å². The van der Waals surface area contributed by atoms with E-state index in [9.17, 15) is 13.2 Å². The Bertz CT molecular complexity index is 308. The number of nitrogen functional groups attached to an aromatic ring is 1. The van der Waals surface area contributed by atoms with E-state index in [0.717, 1.165) is 12.1 Å². The summed E-state index contributed by atoms with van der Waals surface area (Å²) < 4.78 is 36.5. The highest BCUT2D eigenvalue weighted by molar-refractivity contribution is 5.36. The molecule has 1 rings (SSSR count). The largest absolute Gasteiger partial charge is 0.416 e. The predicted molar refractivity (Wildman–Crippen MR) is 41.5 cm³/mol. The third-order valence-corrected chi connectivity index (χ3v) is 1.43. The topological polar surface area (TPSA) is 64.9 Å². The van der Waals surface area contributed by atoms with Crippen LogP contribution in [0.3, 0.4) is 0 Å². The number of pyridine rings is 1. The van der Waals surface area contributed by atoms with Crippen LogP contribution < -0.4 is 11.5 Å². The first-order valence-electron chi connectivity index (χ1n) is 3.47. The molecule has 3 nitrogen and oxygen atoms in total. The molecule has 1 aromatic heterocycles. The molecule has 72 valence electrons. The van der Waals surface area contributed by atoms with E-state index >= 15 is 0 Å². The van der Waals surface area contributed by atoms with Crippen LogP contribution in [0.5, 0.6) is 0 Å². The van der Waals surface area contributed by atoms with Crippen LogP contribution in [0, 0.1) is 0 Å². The van der Waals surface area contributed by atoms with Crippen molar-refractivity contribution in [3.63, 3.8) is 0 Å². The molecule has 0 amide bonds. The van der Waals surface area contributed by atoms with Gasteiger partial charge in [-0.3, -0.25) is 0 Å². The van der Waals surface area contributed by atoms with E-state index in [1.165, 1.54) is 0 Å². The molecular formula is C7H8F3N3. The number of hydrogen-bond donors (Lipinski definition) is 2. The second-order valence-corrected chi connectivity index (χ2v) is 2.47. The molecule has 0 saturated heterocycles. The number of hydrogen-bond acceptors (Lipinski definition) is 3. The number of anilines is 1. The molecule has 0 radical (unpaired) electrons. The Morgan fingerprint density at radius 2 is 1.92 bits per heavy atom. The molecule has 6 heteroatoms. The lowest BCUT2D eigenvalue weighted by molar-refractivity contribution is -0.137. The molecule has 1 aromatic rings. The molecule has 0 fully saturated rings. The molecule has 0 aliphatic carbocycles. The number of alkyl halides is 3. The first-order valence-corrected chi connectivity index (χ1v) is 3.47. The molecule has 0 atom stereocenters. The highest BCUT2D eigenvalue weighted by atomic mass is 19.4. The van der Waals surface area contributed by atoms with Gasteiger partial charge in [0.25, 0.3) is 0 Å². The lowest BCUT2D eigenvalue weighted by atomic mass is 10.2. The second-order valence-electron chi connectivity index (χ2n) is 2.47. The van der Waals surface area contributed by atoms with E-state index in [0.29, 0.717) is 0 Å². The van der Waals surface area contributed by atoms with Crippen LogP contribution in [0.1, 0.15) is 11.3 Å². The standard InChI is InChI=1S/C7H8F3N3/c8-7(9,10)4-1-5(3-11)13-6(12)2-4/h1-2H,3,11H2,(H2,12,13). The fraction of sp³-hybridized carbons (Fsp3) is 0.286. The van der Waals surface area contributed by atoms with Crippen molar-refractivity contribution in [2.45, 2.75) is 12.7 Å². The van der Waals surface area contributed by atoms with E-state index in [2.05, 4.69) is 4.98 Å². The van der Waals surface area contributed by atoms with Crippen molar-refractivity contribution in [3.05, 3.63) is 23.4 Å². The summed E-state index contributed by atoms with van der Waals surface area (Å²) in [6.07, 6.45) is -4.40. The lowest BCUT2D eigenvalue weighted by Crippen LogP contribution is -2.10. The van der Waals surface area contributed by atoms with Crippen molar-refractivity contribution < 1.29 is 13.2 Å².